The number of nitrogens with one attached hydrogen (secondary N) is 1. The van der Waals surface area contributed by atoms with Crippen LogP contribution in [-0.2, 0) is 4.74 Å². The summed E-state index contributed by atoms with van der Waals surface area (Å²) in [6.45, 7) is 1.89. The van der Waals surface area contributed by atoms with Gasteiger partial charge in [0.15, 0.2) is 5.82 Å². The number of methoxy groups -OCH3 is 1. The van der Waals surface area contributed by atoms with Crippen molar-refractivity contribution in [1.29, 1.82) is 0 Å². The van der Waals surface area contributed by atoms with Crippen molar-refractivity contribution in [3.05, 3.63) is 35.3 Å². The first kappa shape index (κ1) is 12.6. The molecule has 2 aromatic heterocycles. The van der Waals surface area contributed by atoms with E-state index in [4.69, 9.17) is 0 Å². The first-order valence-electron chi connectivity index (χ1n) is 5.95. The minimum Gasteiger partial charge on any atom is -0.453 e. The Morgan fingerprint density at radius 1 is 1.35 bits per heavy atom. The molecule has 0 saturated carbocycles. The van der Waals surface area contributed by atoms with Gasteiger partial charge in [-0.1, -0.05) is 41.7 Å². The molecule has 3 aromatic rings. The monoisotopic (exact) mass is 288 g/mol. The van der Waals surface area contributed by atoms with Gasteiger partial charge in [-0.25, -0.2) is 9.78 Å². The number of fused-ring (bicyclic) bond motifs is 1. The smallest absolute Gasteiger partial charge is 0.412 e. The molecule has 0 fully saturated rings. The minimum atomic E-state index is -0.547. The number of nitrogens with zero attached hydrogens (tertiary/aromatic N) is 3. The highest BCUT2D eigenvalue weighted by Crippen LogP contribution is 2.30. The second-order valence-corrected chi connectivity index (χ2v) is 5.27. The van der Waals surface area contributed by atoms with E-state index in [2.05, 4.69) is 20.1 Å². The van der Waals surface area contributed by atoms with E-state index in [-0.39, 0.29) is 0 Å². The normalized spacial score (nSPS) is 10.7. The Morgan fingerprint density at radius 3 is 2.80 bits per heavy atom. The van der Waals surface area contributed by atoms with Crippen LogP contribution >= 0.6 is 11.3 Å². The summed E-state index contributed by atoms with van der Waals surface area (Å²) in [5.74, 6) is 0.516. The summed E-state index contributed by atoms with van der Waals surface area (Å²) in [5.41, 5.74) is 1.59. The molecule has 3 rings (SSSR count). The molecule has 0 aliphatic rings. The predicted octanol–water partition coefficient (Wildman–Crippen LogP) is 2.94. The molecule has 1 N–H and O–H groups in total. The highest BCUT2D eigenvalue weighted by molar-refractivity contribution is 7.16. The summed E-state index contributed by atoms with van der Waals surface area (Å²) >= 11 is 1.47. The zero-order chi connectivity index (χ0) is 14.1. The third kappa shape index (κ3) is 2.12. The number of hydrogen-bond acceptors (Lipinski definition) is 5. The zero-order valence-corrected chi connectivity index (χ0v) is 11.8. The fourth-order valence-corrected chi connectivity index (χ4v) is 2.64. The number of benzene rings is 1. The van der Waals surface area contributed by atoms with Crippen LogP contribution in [0.3, 0.4) is 0 Å². The van der Waals surface area contributed by atoms with Crippen molar-refractivity contribution in [2.75, 3.05) is 12.4 Å². The number of hydrogen-bond donors (Lipinski definition) is 1. The Kier molecular flexibility index (Phi) is 3.11. The largest absolute Gasteiger partial charge is 0.453 e. The molecule has 6 nitrogen and oxygen atoms in total. The van der Waals surface area contributed by atoms with Crippen LogP contribution in [0.4, 0.5) is 10.6 Å². The fraction of sp³-hybridized carbons (Fsp3) is 0.154. The van der Waals surface area contributed by atoms with Gasteiger partial charge in [-0.05, 0) is 6.92 Å². The van der Waals surface area contributed by atoms with Gasteiger partial charge in [0.05, 0.1) is 7.11 Å². The lowest BCUT2D eigenvalue weighted by molar-refractivity contribution is 0.186. The van der Waals surface area contributed by atoms with Crippen molar-refractivity contribution in [3.63, 3.8) is 0 Å². The van der Waals surface area contributed by atoms with E-state index in [1.54, 1.807) is 4.52 Å². The van der Waals surface area contributed by atoms with E-state index in [0.717, 1.165) is 15.5 Å². The molecule has 0 atom stereocenters. The van der Waals surface area contributed by atoms with E-state index < -0.39 is 6.09 Å². The highest BCUT2D eigenvalue weighted by atomic mass is 32.1. The van der Waals surface area contributed by atoms with Crippen molar-refractivity contribution in [2.45, 2.75) is 6.92 Å². The van der Waals surface area contributed by atoms with Gasteiger partial charge in [0, 0.05) is 5.56 Å². The molecule has 102 valence electrons. The first-order valence-corrected chi connectivity index (χ1v) is 6.77. The summed E-state index contributed by atoms with van der Waals surface area (Å²) in [7, 11) is 1.32. The van der Waals surface area contributed by atoms with Crippen molar-refractivity contribution in [2.24, 2.45) is 0 Å². The second kappa shape index (κ2) is 4.93. The third-order valence-electron chi connectivity index (χ3n) is 2.76. The molecule has 7 heteroatoms. The van der Waals surface area contributed by atoms with Gasteiger partial charge >= 0.3 is 6.09 Å². The Labute approximate surface area is 119 Å². The molecular formula is C13H12N4O2S. The molecule has 2 heterocycles. The lowest BCUT2D eigenvalue weighted by atomic mass is 10.1. The molecule has 0 aliphatic carbocycles. The number of ether oxygens (including phenoxy) is 1. The SMILES string of the molecule is COC(=O)Nc1c(-c2ccccc2)nc2sc(C)nn12. The number of rotatable bonds is 2. The van der Waals surface area contributed by atoms with Crippen LogP contribution in [0.15, 0.2) is 30.3 Å². The van der Waals surface area contributed by atoms with Crippen molar-refractivity contribution < 1.29 is 9.53 Å². The van der Waals surface area contributed by atoms with Crippen molar-refractivity contribution in [1.82, 2.24) is 14.6 Å². The Bertz CT molecular complexity index is 763. The number of anilines is 1. The van der Waals surface area contributed by atoms with Crippen molar-refractivity contribution >= 4 is 28.2 Å². The summed E-state index contributed by atoms with van der Waals surface area (Å²) < 4.78 is 6.28. The van der Waals surface area contributed by atoms with Gasteiger partial charge in [-0.3, -0.25) is 5.32 Å². The van der Waals surface area contributed by atoms with Gasteiger partial charge in [0.25, 0.3) is 0 Å². The van der Waals surface area contributed by atoms with E-state index >= 15 is 0 Å². The van der Waals surface area contributed by atoms with Crippen LogP contribution in [0.2, 0.25) is 0 Å². The van der Waals surface area contributed by atoms with E-state index in [1.165, 1.54) is 18.4 Å². The molecule has 0 saturated heterocycles. The summed E-state index contributed by atoms with van der Waals surface area (Å²) in [6, 6.07) is 9.63. The van der Waals surface area contributed by atoms with Gasteiger partial charge in [-0.15, -0.1) is 0 Å². The maximum atomic E-state index is 11.5. The van der Waals surface area contributed by atoms with Crippen LogP contribution < -0.4 is 5.32 Å². The lowest BCUT2D eigenvalue weighted by Gasteiger charge is -2.04. The molecule has 0 bridgehead atoms. The van der Waals surface area contributed by atoms with Crippen LogP contribution in [0.25, 0.3) is 16.2 Å². The standard InChI is InChI=1S/C13H12N4O2S/c1-8-16-17-11(15-13(18)19-2)10(14-12(17)20-8)9-6-4-3-5-7-9/h3-7H,1-2H3,(H,15,18). The maximum absolute atomic E-state index is 11.5. The van der Waals surface area contributed by atoms with Gasteiger partial charge in [0.2, 0.25) is 4.96 Å². The topological polar surface area (TPSA) is 68.5 Å². The molecular weight excluding hydrogens is 276 g/mol. The molecule has 0 radical (unpaired) electrons. The van der Waals surface area contributed by atoms with Gasteiger partial charge < -0.3 is 4.74 Å². The molecule has 0 unspecified atom stereocenters. The molecule has 0 aliphatic heterocycles. The minimum absolute atomic E-state index is 0.516. The zero-order valence-electron chi connectivity index (χ0n) is 11.0. The quantitative estimate of drug-likeness (QED) is 0.787. The fourth-order valence-electron chi connectivity index (χ4n) is 1.90. The van der Waals surface area contributed by atoms with Gasteiger partial charge in [0.1, 0.15) is 10.7 Å². The number of amides is 1. The number of carbonyl (C=O) groups excluding carboxylic acids is 1. The van der Waals surface area contributed by atoms with Gasteiger partial charge in [-0.2, -0.15) is 9.61 Å². The van der Waals surface area contributed by atoms with Crippen LogP contribution in [0.5, 0.6) is 0 Å². The second-order valence-electron chi connectivity index (χ2n) is 4.11. The Balaban J connectivity index is 2.18. The number of aromatic nitrogens is 3. The average Bonchev–Trinajstić information content (AvgIpc) is 2.97. The maximum Gasteiger partial charge on any atom is 0.412 e. The van der Waals surface area contributed by atoms with Crippen LogP contribution in [0.1, 0.15) is 5.01 Å². The Morgan fingerprint density at radius 2 is 2.10 bits per heavy atom. The summed E-state index contributed by atoms with van der Waals surface area (Å²) in [5, 5.41) is 7.90. The van der Waals surface area contributed by atoms with Crippen molar-refractivity contribution in [3.8, 4) is 11.3 Å². The van der Waals surface area contributed by atoms with E-state index in [9.17, 15) is 4.79 Å². The van der Waals surface area contributed by atoms with E-state index in [0.29, 0.717) is 11.5 Å². The molecule has 1 amide bonds. The summed E-state index contributed by atoms with van der Waals surface area (Å²) in [4.78, 5) is 16.8. The summed E-state index contributed by atoms with van der Waals surface area (Å²) in [6.07, 6.45) is -0.547. The molecule has 1 aromatic carbocycles. The first-order chi connectivity index (χ1) is 9.69. The Hall–Kier alpha value is -2.41. The third-order valence-corrected chi connectivity index (χ3v) is 3.58. The number of carbonyl (C=O) groups is 1. The number of imidazole rings is 1. The average molecular weight is 288 g/mol. The lowest BCUT2D eigenvalue weighted by Crippen LogP contribution is -2.13. The number of aryl methyl sites for hydroxylation is 1. The van der Waals surface area contributed by atoms with Crippen LogP contribution in [0, 0.1) is 6.92 Å². The highest BCUT2D eigenvalue weighted by Gasteiger charge is 2.19. The molecule has 0 spiro atoms. The van der Waals surface area contributed by atoms with E-state index in [1.807, 2.05) is 37.3 Å². The predicted molar refractivity (Wildman–Crippen MR) is 77.1 cm³/mol. The van der Waals surface area contributed by atoms with Crippen LogP contribution in [-0.4, -0.2) is 27.8 Å². The molecule has 20 heavy (non-hydrogen) atoms.